The quantitative estimate of drug-likeness (QED) is 0.841. The van der Waals surface area contributed by atoms with Crippen LogP contribution in [-0.4, -0.2) is 48.1 Å². The molecular weight excluding hydrogens is 294 g/mol. The van der Waals surface area contributed by atoms with Crippen molar-refractivity contribution in [2.45, 2.75) is 13.8 Å². The summed E-state index contributed by atoms with van der Waals surface area (Å²) in [4.78, 5) is 23.0. The Balaban J connectivity index is 1.95. The lowest BCUT2D eigenvalue weighted by atomic mass is 10.3. The van der Waals surface area contributed by atoms with E-state index in [0.717, 1.165) is 5.69 Å². The highest BCUT2D eigenvalue weighted by molar-refractivity contribution is 6.06. The zero-order chi connectivity index (χ0) is 16.4. The molecule has 1 aromatic rings. The van der Waals surface area contributed by atoms with Crippen LogP contribution in [-0.2, 0) is 4.74 Å². The molecular formula is C16H19N5O2. The molecule has 7 nitrogen and oxygen atoms in total. The molecule has 0 unspecified atom stereocenters. The molecule has 0 aliphatic carbocycles. The number of hydrogen-bond acceptors (Lipinski definition) is 6. The van der Waals surface area contributed by atoms with Crippen molar-refractivity contribution in [3.8, 4) is 0 Å². The molecule has 3 rings (SSSR count). The van der Waals surface area contributed by atoms with Gasteiger partial charge in [0, 0.05) is 12.7 Å². The molecule has 1 aromatic carbocycles. The number of nitrogens with zero attached hydrogens (tertiary/aromatic N) is 5. The van der Waals surface area contributed by atoms with Crippen LogP contribution in [0, 0.1) is 0 Å². The van der Waals surface area contributed by atoms with Crippen molar-refractivity contribution in [2.24, 2.45) is 9.98 Å². The first-order chi connectivity index (χ1) is 11.1. The van der Waals surface area contributed by atoms with Crippen molar-refractivity contribution >= 4 is 23.6 Å². The van der Waals surface area contributed by atoms with Crippen molar-refractivity contribution in [2.75, 3.05) is 25.1 Å². The fourth-order valence-electron chi connectivity index (χ4n) is 2.48. The normalized spacial score (nSPS) is 16.4. The molecule has 1 amide bonds. The van der Waals surface area contributed by atoms with E-state index in [0.29, 0.717) is 30.8 Å². The Labute approximate surface area is 135 Å². The van der Waals surface area contributed by atoms with Gasteiger partial charge in [-0.15, -0.1) is 0 Å². The van der Waals surface area contributed by atoms with Crippen LogP contribution in [0.5, 0.6) is 0 Å². The van der Waals surface area contributed by atoms with Gasteiger partial charge in [-0.25, -0.2) is 14.8 Å². The Morgan fingerprint density at radius 2 is 2.04 bits per heavy atom. The van der Waals surface area contributed by atoms with Gasteiger partial charge in [0.05, 0.1) is 13.2 Å². The number of benzene rings is 1. The third kappa shape index (κ3) is 2.77. The second-order valence-corrected chi connectivity index (χ2v) is 5.12. The molecule has 0 fully saturated rings. The summed E-state index contributed by atoms with van der Waals surface area (Å²) in [5.74, 6) is 1.94. The molecule has 2 heterocycles. The molecule has 7 heteroatoms. The summed E-state index contributed by atoms with van der Waals surface area (Å²) in [7, 11) is 1.91. The molecule has 0 spiro atoms. The number of carbonyl (C=O) groups is 1. The lowest BCUT2D eigenvalue weighted by molar-refractivity contribution is 0.0587. The number of rotatable bonds is 2. The highest BCUT2D eigenvalue weighted by Crippen LogP contribution is 2.26. The topological polar surface area (TPSA) is 60.7 Å². The second kappa shape index (κ2) is 6.12. The number of ether oxygens (including phenoxy) is 1. The van der Waals surface area contributed by atoms with Gasteiger partial charge in [-0.2, -0.15) is 10.0 Å². The standard InChI is InChI=1S/C16H19N5O2/c1-4-23-16(22)20-11-10-14-17-12(2)18-15(21(14)20)19(3)13-8-6-5-7-9-13/h5-10H,4,11H2,1-3H3. The van der Waals surface area contributed by atoms with E-state index in [1.165, 1.54) is 5.01 Å². The van der Waals surface area contributed by atoms with Crippen molar-refractivity contribution in [3.05, 3.63) is 42.2 Å². The van der Waals surface area contributed by atoms with Crippen LogP contribution in [0.2, 0.25) is 0 Å². The summed E-state index contributed by atoms with van der Waals surface area (Å²) in [5.41, 5.74) is 0.969. The number of carbonyl (C=O) groups excluding carboxylic acids is 1. The van der Waals surface area contributed by atoms with Gasteiger partial charge in [-0.05, 0) is 32.1 Å². The molecule has 2 aliphatic heterocycles. The average molecular weight is 313 g/mol. The molecule has 0 atom stereocenters. The Morgan fingerprint density at radius 1 is 1.30 bits per heavy atom. The number of hydrogen-bond donors (Lipinski definition) is 0. The summed E-state index contributed by atoms with van der Waals surface area (Å²) in [6.07, 6.45) is 1.47. The van der Waals surface area contributed by atoms with Crippen LogP contribution in [0.4, 0.5) is 10.5 Å². The monoisotopic (exact) mass is 313 g/mol. The lowest BCUT2D eigenvalue weighted by Gasteiger charge is -2.36. The number of aliphatic imine (C=N–C) groups is 2. The van der Waals surface area contributed by atoms with E-state index in [-0.39, 0.29) is 0 Å². The third-order valence-electron chi connectivity index (χ3n) is 3.55. The van der Waals surface area contributed by atoms with Gasteiger partial charge in [-0.3, -0.25) is 0 Å². The van der Waals surface area contributed by atoms with Gasteiger partial charge in [0.15, 0.2) is 5.82 Å². The Morgan fingerprint density at radius 3 is 2.74 bits per heavy atom. The number of amides is 1. The second-order valence-electron chi connectivity index (χ2n) is 5.12. The first kappa shape index (κ1) is 15.1. The summed E-state index contributed by atoms with van der Waals surface area (Å²) >= 11 is 0. The SMILES string of the molecule is CCOC(=O)N1CC=C2N=C(C)N=C(N(C)c3ccccc3)N21. The van der Waals surface area contributed by atoms with Gasteiger partial charge in [0.25, 0.3) is 0 Å². The number of amidine groups is 1. The van der Waals surface area contributed by atoms with Gasteiger partial charge in [-0.1, -0.05) is 18.2 Å². The largest absolute Gasteiger partial charge is 0.448 e. The van der Waals surface area contributed by atoms with Gasteiger partial charge < -0.3 is 9.64 Å². The lowest BCUT2D eigenvalue weighted by Crippen LogP contribution is -2.52. The molecule has 120 valence electrons. The first-order valence-electron chi connectivity index (χ1n) is 7.49. The minimum absolute atomic E-state index is 0.321. The van der Waals surface area contributed by atoms with Crippen LogP contribution in [0.25, 0.3) is 0 Å². The third-order valence-corrected chi connectivity index (χ3v) is 3.55. The molecule has 0 saturated heterocycles. The number of fused-ring (bicyclic) bond motifs is 1. The number of hydrazine groups is 1. The fraction of sp³-hybridized carbons (Fsp3) is 0.312. The van der Waals surface area contributed by atoms with Crippen molar-refractivity contribution < 1.29 is 9.53 Å². The van der Waals surface area contributed by atoms with Crippen LogP contribution in [0.1, 0.15) is 13.8 Å². The van der Waals surface area contributed by atoms with E-state index in [4.69, 9.17) is 4.74 Å². The van der Waals surface area contributed by atoms with Crippen molar-refractivity contribution in [1.82, 2.24) is 10.0 Å². The maximum Gasteiger partial charge on any atom is 0.429 e. The summed E-state index contributed by atoms with van der Waals surface area (Å²) in [6.45, 7) is 4.35. The smallest absolute Gasteiger partial charge is 0.429 e. The minimum Gasteiger partial charge on any atom is -0.448 e. The van der Waals surface area contributed by atoms with E-state index < -0.39 is 6.09 Å². The maximum absolute atomic E-state index is 12.2. The predicted octanol–water partition coefficient (Wildman–Crippen LogP) is 2.44. The zero-order valence-electron chi connectivity index (χ0n) is 13.4. The Kier molecular flexibility index (Phi) is 4.01. The van der Waals surface area contributed by atoms with Gasteiger partial charge >= 0.3 is 6.09 Å². The van der Waals surface area contributed by atoms with E-state index in [9.17, 15) is 4.79 Å². The average Bonchev–Trinajstić information content (AvgIpc) is 2.98. The molecule has 0 saturated carbocycles. The molecule has 0 radical (unpaired) electrons. The number of para-hydroxylation sites is 1. The highest BCUT2D eigenvalue weighted by atomic mass is 16.6. The summed E-state index contributed by atoms with van der Waals surface area (Å²) in [5, 5.41) is 3.19. The highest BCUT2D eigenvalue weighted by Gasteiger charge is 2.37. The summed E-state index contributed by atoms with van der Waals surface area (Å²) < 4.78 is 5.13. The predicted molar refractivity (Wildman–Crippen MR) is 89.0 cm³/mol. The van der Waals surface area contributed by atoms with Crippen LogP contribution in [0.15, 0.2) is 52.2 Å². The van der Waals surface area contributed by atoms with Crippen molar-refractivity contribution in [3.63, 3.8) is 0 Å². The van der Waals surface area contributed by atoms with Gasteiger partial charge in [0.2, 0.25) is 5.96 Å². The Bertz CT molecular complexity index is 696. The van der Waals surface area contributed by atoms with Crippen LogP contribution >= 0.6 is 0 Å². The molecule has 0 bridgehead atoms. The fourth-order valence-corrected chi connectivity index (χ4v) is 2.48. The van der Waals surface area contributed by atoms with E-state index in [1.54, 1.807) is 11.9 Å². The van der Waals surface area contributed by atoms with Crippen molar-refractivity contribution in [1.29, 1.82) is 0 Å². The van der Waals surface area contributed by atoms with E-state index in [2.05, 4.69) is 9.98 Å². The molecule has 2 aliphatic rings. The van der Waals surface area contributed by atoms with E-state index in [1.807, 2.05) is 55.3 Å². The minimum atomic E-state index is -0.414. The summed E-state index contributed by atoms with van der Waals surface area (Å²) in [6, 6.07) is 9.84. The molecule has 0 aromatic heterocycles. The number of anilines is 1. The number of guanidine groups is 1. The van der Waals surface area contributed by atoms with Crippen LogP contribution < -0.4 is 4.90 Å². The zero-order valence-corrected chi connectivity index (χ0v) is 13.4. The maximum atomic E-state index is 12.2. The van der Waals surface area contributed by atoms with Gasteiger partial charge in [0.1, 0.15) is 5.84 Å². The first-order valence-corrected chi connectivity index (χ1v) is 7.49. The van der Waals surface area contributed by atoms with Crippen LogP contribution in [0.3, 0.4) is 0 Å². The molecule has 23 heavy (non-hydrogen) atoms. The Hall–Kier alpha value is -2.83. The van der Waals surface area contributed by atoms with E-state index >= 15 is 0 Å². The molecule has 0 N–H and O–H groups in total.